The van der Waals surface area contributed by atoms with Gasteiger partial charge in [0.25, 0.3) is 5.91 Å². The largest absolute Gasteiger partial charge is 0.490 e. The van der Waals surface area contributed by atoms with Crippen molar-refractivity contribution in [1.29, 1.82) is 0 Å². The van der Waals surface area contributed by atoms with Crippen LogP contribution in [0.2, 0.25) is 0 Å². The Balaban J connectivity index is 0.000000470. The highest BCUT2D eigenvalue weighted by Gasteiger charge is 2.38. The average molecular weight is 559 g/mol. The average Bonchev–Trinajstić information content (AvgIpc) is 3.57. The molecule has 0 spiro atoms. The number of carbonyl (C=O) groups is 2. The highest BCUT2D eigenvalue weighted by atomic mass is 19.4. The first kappa shape index (κ1) is 28.8. The topological polar surface area (TPSA) is 114 Å². The minimum Gasteiger partial charge on any atom is -0.475 e. The van der Waals surface area contributed by atoms with Gasteiger partial charge in [-0.3, -0.25) is 14.1 Å². The number of aliphatic carboxylic acids is 1. The Labute approximate surface area is 228 Å². The van der Waals surface area contributed by atoms with Crippen LogP contribution in [0.15, 0.2) is 67.3 Å². The SMILES string of the molecule is O=C(NCCCN1CCOCC1)c1nc(-c2cn(Cc3ccccc3)cn2)n2ccccc12.O=C(O)C(F)(F)F. The standard InChI is InChI=1S/C25H28N6O2.C2HF3O2/c32-25(26-10-6-11-29-13-15-33-16-14-29)23-22-9-4-5-12-31(22)24(28-23)21-18-30(19-27-21)17-20-7-2-1-3-8-20;3-2(4,5)1(6)7/h1-5,7-9,12,18-19H,6,10-11,13-17H2,(H,26,32);(H,6,7). The van der Waals surface area contributed by atoms with Crippen molar-refractivity contribution >= 4 is 17.4 Å². The normalized spacial score (nSPS) is 14.0. The number of carbonyl (C=O) groups excluding carboxylic acids is 1. The summed E-state index contributed by atoms with van der Waals surface area (Å²) in [4.78, 5) is 33.5. The summed E-state index contributed by atoms with van der Waals surface area (Å²) in [7, 11) is 0. The number of rotatable bonds is 8. The summed E-state index contributed by atoms with van der Waals surface area (Å²) in [5, 5.41) is 10.2. The molecular formula is C27H29F3N6O4. The van der Waals surface area contributed by atoms with Gasteiger partial charge in [-0.05, 0) is 30.7 Å². The van der Waals surface area contributed by atoms with E-state index in [0.29, 0.717) is 18.1 Å². The molecule has 40 heavy (non-hydrogen) atoms. The summed E-state index contributed by atoms with van der Waals surface area (Å²) in [6.07, 6.45) is 1.51. The number of pyridine rings is 1. The van der Waals surface area contributed by atoms with Crippen LogP contribution >= 0.6 is 0 Å². The number of nitrogens with zero attached hydrogens (tertiary/aromatic N) is 5. The van der Waals surface area contributed by atoms with Gasteiger partial charge in [0.2, 0.25) is 0 Å². The molecule has 0 unspecified atom stereocenters. The van der Waals surface area contributed by atoms with E-state index in [0.717, 1.165) is 57.0 Å². The lowest BCUT2D eigenvalue weighted by atomic mass is 10.2. The third-order valence-corrected chi connectivity index (χ3v) is 6.12. The molecule has 1 aliphatic heterocycles. The molecule has 1 fully saturated rings. The lowest BCUT2D eigenvalue weighted by molar-refractivity contribution is -0.192. The Morgan fingerprint density at radius 2 is 1.75 bits per heavy atom. The molecular weight excluding hydrogens is 529 g/mol. The van der Waals surface area contributed by atoms with Crippen LogP contribution in [0.4, 0.5) is 13.2 Å². The summed E-state index contributed by atoms with van der Waals surface area (Å²) < 4.78 is 41.1. The number of carboxylic acids is 1. The zero-order chi connectivity index (χ0) is 28.5. The number of halogens is 3. The molecule has 0 bridgehead atoms. The molecule has 10 nitrogen and oxygen atoms in total. The van der Waals surface area contributed by atoms with Gasteiger partial charge in [-0.15, -0.1) is 0 Å². The van der Waals surface area contributed by atoms with Crippen LogP contribution in [0.1, 0.15) is 22.5 Å². The lowest BCUT2D eigenvalue weighted by Gasteiger charge is -2.26. The number of aromatic nitrogens is 4. The van der Waals surface area contributed by atoms with E-state index < -0.39 is 12.1 Å². The highest BCUT2D eigenvalue weighted by Crippen LogP contribution is 2.22. The minimum atomic E-state index is -5.08. The molecule has 5 rings (SSSR count). The molecule has 1 saturated heterocycles. The molecule has 1 amide bonds. The monoisotopic (exact) mass is 558 g/mol. The van der Waals surface area contributed by atoms with Crippen molar-refractivity contribution in [2.75, 3.05) is 39.4 Å². The molecule has 3 aromatic heterocycles. The highest BCUT2D eigenvalue weighted by molar-refractivity contribution is 5.99. The van der Waals surface area contributed by atoms with E-state index >= 15 is 0 Å². The molecule has 0 radical (unpaired) electrons. The Kier molecular flexibility index (Phi) is 9.51. The second kappa shape index (κ2) is 13.2. The van der Waals surface area contributed by atoms with Crippen LogP contribution in [0.5, 0.6) is 0 Å². The Morgan fingerprint density at radius 3 is 2.45 bits per heavy atom. The Bertz CT molecular complexity index is 1410. The zero-order valence-corrected chi connectivity index (χ0v) is 21.5. The summed E-state index contributed by atoms with van der Waals surface area (Å²) >= 11 is 0. The fraction of sp³-hybridized carbons (Fsp3) is 0.333. The smallest absolute Gasteiger partial charge is 0.475 e. The van der Waals surface area contributed by atoms with Crippen LogP contribution in [0, 0.1) is 0 Å². The number of nitrogens with one attached hydrogen (secondary N) is 1. The first-order valence-corrected chi connectivity index (χ1v) is 12.6. The van der Waals surface area contributed by atoms with Crippen molar-refractivity contribution in [1.82, 2.24) is 29.2 Å². The molecule has 212 valence electrons. The molecule has 0 saturated carbocycles. The van der Waals surface area contributed by atoms with Crippen LogP contribution in [0.25, 0.3) is 17.0 Å². The third-order valence-electron chi connectivity index (χ3n) is 6.12. The van der Waals surface area contributed by atoms with Crippen molar-refractivity contribution in [2.45, 2.75) is 19.1 Å². The van der Waals surface area contributed by atoms with Gasteiger partial charge in [0.05, 0.1) is 25.1 Å². The fourth-order valence-corrected chi connectivity index (χ4v) is 4.15. The first-order valence-electron chi connectivity index (χ1n) is 12.6. The predicted octanol–water partition coefficient (Wildman–Crippen LogP) is 3.33. The number of carboxylic acid groups (broad SMARTS) is 1. The summed E-state index contributed by atoms with van der Waals surface area (Å²) in [5.41, 5.74) is 3.13. The number of morpholine rings is 1. The van der Waals surface area contributed by atoms with E-state index in [2.05, 4.69) is 27.3 Å². The second-order valence-electron chi connectivity index (χ2n) is 9.02. The van der Waals surface area contributed by atoms with Crippen LogP contribution < -0.4 is 5.32 Å². The summed E-state index contributed by atoms with van der Waals surface area (Å²) in [6.45, 7) is 5.79. The van der Waals surface area contributed by atoms with E-state index in [9.17, 15) is 18.0 Å². The van der Waals surface area contributed by atoms with Gasteiger partial charge in [-0.25, -0.2) is 14.8 Å². The van der Waals surface area contributed by atoms with E-state index in [1.54, 1.807) is 6.33 Å². The fourth-order valence-electron chi connectivity index (χ4n) is 4.15. The number of hydrogen-bond acceptors (Lipinski definition) is 6. The Morgan fingerprint density at radius 1 is 1.05 bits per heavy atom. The molecule has 13 heteroatoms. The zero-order valence-electron chi connectivity index (χ0n) is 21.5. The van der Waals surface area contributed by atoms with E-state index in [-0.39, 0.29) is 5.91 Å². The van der Waals surface area contributed by atoms with Gasteiger partial charge in [0, 0.05) is 38.6 Å². The van der Waals surface area contributed by atoms with Gasteiger partial charge in [-0.1, -0.05) is 36.4 Å². The molecule has 0 aliphatic carbocycles. The maximum Gasteiger partial charge on any atom is 0.490 e. The molecule has 0 atom stereocenters. The lowest BCUT2D eigenvalue weighted by Crippen LogP contribution is -2.38. The van der Waals surface area contributed by atoms with Crippen LogP contribution in [0.3, 0.4) is 0 Å². The summed E-state index contributed by atoms with van der Waals surface area (Å²) in [5.74, 6) is -2.25. The van der Waals surface area contributed by atoms with Gasteiger partial charge in [-0.2, -0.15) is 13.2 Å². The molecule has 1 aromatic carbocycles. The Hall–Kier alpha value is -4.23. The van der Waals surface area contributed by atoms with Crippen molar-refractivity contribution in [3.05, 3.63) is 78.5 Å². The number of imidazole rings is 2. The maximum absolute atomic E-state index is 13.0. The van der Waals surface area contributed by atoms with Crippen molar-refractivity contribution in [3.8, 4) is 11.5 Å². The van der Waals surface area contributed by atoms with Gasteiger partial charge < -0.3 is 19.7 Å². The maximum atomic E-state index is 13.0. The number of alkyl halides is 3. The number of fused-ring (bicyclic) bond motifs is 1. The van der Waals surface area contributed by atoms with E-state index in [1.165, 1.54) is 5.56 Å². The van der Waals surface area contributed by atoms with Crippen molar-refractivity contribution in [2.24, 2.45) is 0 Å². The van der Waals surface area contributed by atoms with Crippen molar-refractivity contribution < 1.29 is 32.6 Å². The van der Waals surface area contributed by atoms with Gasteiger partial charge in [0.1, 0.15) is 5.69 Å². The molecule has 1 aliphatic rings. The number of hydrogen-bond donors (Lipinski definition) is 2. The second-order valence-corrected chi connectivity index (χ2v) is 9.02. The predicted molar refractivity (Wildman–Crippen MR) is 140 cm³/mol. The molecule has 4 aromatic rings. The van der Waals surface area contributed by atoms with Gasteiger partial charge >= 0.3 is 12.1 Å². The third kappa shape index (κ3) is 7.67. The number of benzene rings is 1. The van der Waals surface area contributed by atoms with E-state index in [1.807, 2.05) is 57.8 Å². The quantitative estimate of drug-likeness (QED) is 0.319. The molecule has 4 heterocycles. The minimum absolute atomic E-state index is 0.157. The summed E-state index contributed by atoms with van der Waals surface area (Å²) in [6, 6.07) is 16.0. The number of amides is 1. The molecule has 2 N–H and O–H groups in total. The van der Waals surface area contributed by atoms with Crippen LogP contribution in [-0.2, 0) is 16.1 Å². The first-order chi connectivity index (χ1) is 19.2. The van der Waals surface area contributed by atoms with Gasteiger partial charge in [0.15, 0.2) is 11.5 Å². The van der Waals surface area contributed by atoms with Crippen LogP contribution in [-0.4, -0.2) is 86.4 Å². The van der Waals surface area contributed by atoms with Crippen molar-refractivity contribution in [3.63, 3.8) is 0 Å². The van der Waals surface area contributed by atoms with E-state index in [4.69, 9.17) is 19.6 Å². The number of ether oxygens (including phenoxy) is 1.